The van der Waals surface area contributed by atoms with Crippen molar-refractivity contribution in [3.8, 4) is 0 Å². The maximum atomic E-state index is 9.64. The lowest BCUT2D eigenvalue weighted by molar-refractivity contribution is 0.0216. The molecule has 120 valence electrons. The zero-order valence-electron chi connectivity index (χ0n) is 13.0. The smallest absolute Gasteiger partial charge is 0.0701 e. The van der Waals surface area contributed by atoms with Crippen LogP contribution in [0.1, 0.15) is 39.0 Å². The van der Waals surface area contributed by atoms with Crippen molar-refractivity contribution >= 4 is 0 Å². The van der Waals surface area contributed by atoms with Crippen LogP contribution in [0.15, 0.2) is 0 Å². The first-order valence-corrected chi connectivity index (χ1v) is 7.79. The van der Waals surface area contributed by atoms with Crippen LogP contribution in [0.3, 0.4) is 0 Å². The quantitative estimate of drug-likeness (QED) is 0.473. The fourth-order valence-electron chi connectivity index (χ4n) is 2.23. The van der Waals surface area contributed by atoms with Gasteiger partial charge in [-0.05, 0) is 32.1 Å². The van der Waals surface area contributed by atoms with Gasteiger partial charge >= 0.3 is 0 Å². The molecule has 0 aromatic heterocycles. The lowest BCUT2D eigenvalue weighted by Gasteiger charge is -2.32. The summed E-state index contributed by atoms with van der Waals surface area (Å²) < 4.78 is 15.8. The van der Waals surface area contributed by atoms with Crippen LogP contribution in [-0.2, 0) is 14.2 Å². The Bertz CT molecular complexity index is 230. The predicted octanol–water partition coefficient (Wildman–Crippen LogP) is 1.34. The van der Waals surface area contributed by atoms with Gasteiger partial charge in [-0.25, -0.2) is 0 Å². The van der Waals surface area contributed by atoms with Gasteiger partial charge in [0, 0.05) is 25.3 Å². The third-order valence-electron chi connectivity index (χ3n) is 3.81. The molecule has 0 heterocycles. The molecule has 0 aromatic rings. The van der Waals surface area contributed by atoms with Crippen LogP contribution in [0.25, 0.3) is 0 Å². The maximum absolute atomic E-state index is 9.64. The second kappa shape index (κ2) is 10.5. The van der Waals surface area contributed by atoms with E-state index in [-0.39, 0.29) is 12.1 Å². The van der Waals surface area contributed by atoms with Gasteiger partial charge in [0.2, 0.25) is 0 Å². The van der Waals surface area contributed by atoms with Crippen LogP contribution in [-0.4, -0.2) is 63.4 Å². The maximum Gasteiger partial charge on any atom is 0.0701 e. The number of aliphatic hydroxyl groups excluding tert-OH is 1. The normalized spacial score (nSPS) is 18.1. The van der Waals surface area contributed by atoms with Crippen molar-refractivity contribution in [1.82, 2.24) is 5.32 Å². The molecule has 20 heavy (non-hydrogen) atoms. The first kappa shape index (κ1) is 17.9. The average Bonchev–Trinajstić information content (AvgIpc) is 3.28. The van der Waals surface area contributed by atoms with Gasteiger partial charge < -0.3 is 24.6 Å². The summed E-state index contributed by atoms with van der Waals surface area (Å²) >= 11 is 0. The molecule has 0 spiro atoms. The molecule has 1 saturated carbocycles. The predicted molar refractivity (Wildman–Crippen MR) is 79.0 cm³/mol. The number of hydrogen-bond acceptors (Lipinski definition) is 5. The van der Waals surface area contributed by atoms with Crippen LogP contribution in [0.4, 0.5) is 0 Å². The summed E-state index contributed by atoms with van der Waals surface area (Å²) in [6.07, 6.45) is 5.38. The molecule has 0 saturated heterocycles. The summed E-state index contributed by atoms with van der Waals surface area (Å²) in [5.74, 6) is 0. The van der Waals surface area contributed by atoms with Crippen molar-refractivity contribution in [2.75, 3.05) is 46.8 Å². The Morgan fingerprint density at radius 3 is 2.30 bits per heavy atom. The molecule has 5 nitrogen and oxygen atoms in total. The minimum Gasteiger partial charge on any atom is -0.394 e. The summed E-state index contributed by atoms with van der Waals surface area (Å²) in [5.41, 5.74) is -0.112. The summed E-state index contributed by atoms with van der Waals surface area (Å²) in [4.78, 5) is 0. The third-order valence-corrected chi connectivity index (χ3v) is 3.81. The summed E-state index contributed by atoms with van der Waals surface area (Å²) in [6.45, 7) is 5.55. The fourth-order valence-corrected chi connectivity index (χ4v) is 2.23. The van der Waals surface area contributed by atoms with E-state index in [1.165, 1.54) is 12.8 Å². The number of rotatable bonds is 14. The van der Waals surface area contributed by atoms with Gasteiger partial charge in [-0.3, -0.25) is 0 Å². The van der Waals surface area contributed by atoms with Gasteiger partial charge in [0.25, 0.3) is 0 Å². The van der Waals surface area contributed by atoms with Crippen LogP contribution in [0, 0.1) is 0 Å². The van der Waals surface area contributed by atoms with E-state index in [4.69, 9.17) is 14.2 Å². The molecule has 2 N–H and O–H groups in total. The zero-order valence-corrected chi connectivity index (χ0v) is 13.0. The van der Waals surface area contributed by atoms with E-state index in [1.54, 1.807) is 7.11 Å². The van der Waals surface area contributed by atoms with Gasteiger partial charge in [-0.2, -0.15) is 0 Å². The number of methoxy groups -OCH3 is 1. The first-order chi connectivity index (χ1) is 9.76. The standard InChI is InChI=1S/C15H31NO4/c1-3-15(13-17,16-14-5-6-14)7-4-8-19-11-12-20-10-9-18-2/h14,16-17H,3-13H2,1-2H3. The Kier molecular flexibility index (Phi) is 9.39. The lowest BCUT2D eigenvalue weighted by Crippen LogP contribution is -2.49. The first-order valence-electron chi connectivity index (χ1n) is 7.79. The molecule has 0 amide bonds. The van der Waals surface area contributed by atoms with E-state index < -0.39 is 0 Å². The molecule has 1 aliphatic rings. The zero-order chi connectivity index (χ0) is 14.7. The van der Waals surface area contributed by atoms with Gasteiger partial charge in [-0.1, -0.05) is 6.92 Å². The molecule has 1 fully saturated rings. The topological polar surface area (TPSA) is 60.0 Å². The van der Waals surface area contributed by atoms with Gasteiger partial charge in [0.1, 0.15) is 0 Å². The highest BCUT2D eigenvalue weighted by atomic mass is 16.5. The molecule has 1 rings (SSSR count). The highest BCUT2D eigenvalue weighted by molar-refractivity contribution is 4.94. The van der Waals surface area contributed by atoms with Crippen molar-refractivity contribution in [2.24, 2.45) is 0 Å². The van der Waals surface area contributed by atoms with Crippen molar-refractivity contribution in [3.63, 3.8) is 0 Å². The van der Waals surface area contributed by atoms with E-state index in [0.717, 1.165) is 25.9 Å². The van der Waals surface area contributed by atoms with E-state index >= 15 is 0 Å². The molecule has 1 unspecified atom stereocenters. The highest BCUT2D eigenvalue weighted by Crippen LogP contribution is 2.26. The second-order valence-electron chi connectivity index (χ2n) is 5.53. The average molecular weight is 289 g/mol. The minimum absolute atomic E-state index is 0.112. The van der Waals surface area contributed by atoms with Crippen molar-refractivity contribution in [3.05, 3.63) is 0 Å². The van der Waals surface area contributed by atoms with E-state index in [2.05, 4.69) is 12.2 Å². The van der Waals surface area contributed by atoms with Crippen molar-refractivity contribution in [1.29, 1.82) is 0 Å². The molecule has 0 aliphatic heterocycles. The number of nitrogens with one attached hydrogen (secondary N) is 1. The Labute approximate surface area is 123 Å². The van der Waals surface area contributed by atoms with Crippen LogP contribution in [0.5, 0.6) is 0 Å². The number of ether oxygens (including phenoxy) is 3. The molecular weight excluding hydrogens is 258 g/mol. The summed E-state index contributed by atoms with van der Waals surface area (Å²) in [5, 5.41) is 13.2. The van der Waals surface area contributed by atoms with Gasteiger partial charge in [0.15, 0.2) is 0 Å². The Morgan fingerprint density at radius 1 is 1.10 bits per heavy atom. The molecular formula is C15H31NO4. The Hall–Kier alpha value is -0.200. The summed E-state index contributed by atoms with van der Waals surface area (Å²) in [6, 6.07) is 0.622. The molecule has 5 heteroatoms. The number of aliphatic hydroxyl groups is 1. The van der Waals surface area contributed by atoms with E-state index in [1.807, 2.05) is 0 Å². The molecule has 0 aromatic carbocycles. The molecule has 1 atom stereocenters. The van der Waals surface area contributed by atoms with Crippen molar-refractivity contribution < 1.29 is 19.3 Å². The molecule has 0 bridgehead atoms. The minimum atomic E-state index is -0.112. The second-order valence-corrected chi connectivity index (χ2v) is 5.53. The van der Waals surface area contributed by atoms with E-state index in [9.17, 15) is 5.11 Å². The molecule has 1 aliphatic carbocycles. The number of hydrogen-bond donors (Lipinski definition) is 2. The van der Waals surface area contributed by atoms with Crippen LogP contribution >= 0.6 is 0 Å². The molecule has 0 radical (unpaired) electrons. The fraction of sp³-hybridized carbons (Fsp3) is 1.00. The van der Waals surface area contributed by atoms with E-state index in [0.29, 0.717) is 32.5 Å². The Balaban J connectivity index is 2.00. The lowest BCUT2D eigenvalue weighted by atomic mass is 9.91. The van der Waals surface area contributed by atoms with Gasteiger partial charge in [0.05, 0.1) is 33.0 Å². The summed E-state index contributed by atoms with van der Waals surface area (Å²) in [7, 11) is 1.66. The van der Waals surface area contributed by atoms with Crippen LogP contribution < -0.4 is 5.32 Å². The SMILES string of the molecule is CCC(CO)(CCCOCCOCCOC)NC1CC1. The third kappa shape index (κ3) is 7.55. The largest absolute Gasteiger partial charge is 0.394 e. The van der Waals surface area contributed by atoms with Crippen molar-refractivity contribution in [2.45, 2.75) is 50.6 Å². The highest BCUT2D eigenvalue weighted by Gasteiger charge is 2.33. The Morgan fingerprint density at radius 2 is 1.75 bits per heavy atom. The monoisotopic (exact) mass is 289 g/mol. The van der Waals surface area contributed by atoms with Gasteiger partial charge in [-0.15, -0.1) is 0 Å². The van der Waals surface area contributed by atoms with Crippen LogP contribution in [0.2, 0.25) is 0 Å².